The number of amides is 1. The number of aromatic amines is 1. The molecular weight excluding hydrogens is 288 g/mol. The molecule has 2 aromatic rings. The second kappa shape index (κ2) is 5.53. The highest BCUT2D eigenvalue weighted by atomic mass is 32.1. The van der Waals surface area contributed by atoms with Crippen molar-refractivity contribution < 1.29 is 9.53 Å². The third kappa shape index (κ3) is 2.73. The number of nitrogens with one attached hydrogen (secondary N) is 2. The first-order valence-electron chi connectivity index (χ1n) is 6.50. The van der Waals surface area contributed by atoms with Gasteiger partial charge in [-0.25, -0.2) is 0 Å². The molecule has 21 heavy (non-hydrogen) atoms. The zero-order valence-electron chi connectivity index (χ0n) is 11.1. The molecule has 0 bridgehead atoms. The monoisotopic (exact) mass is 302 g/mol. The van der Waals surface area contributed by atoms with Crippen molar-refractivity contribution in [3.05, 3.63) is 41.6 Å². The van der Waals surface area contributed by atoms with Crippen molar-refractivity contribution in [2.24, 2.45) is 11.7 Å². The molecule has 7 heteroatoms. The highest BCUT2D eigenvalue weighted by Crippen LogP contribution is 2.27. The first-order chi connectivity index (χ1) is 10.1. The molecule has 1 aliphatic heterocycles. The van der Waals surface area contributed by atoms with Crippen molar-refractivity contribution in [2.75, 3.05) is 11.9 Å². The Balaban J connectivity index is 1.72. The standard InChI is InChI=1S/C14H14N4O2S/c15-12(21)10-6-16-18-13(10)17-14(19)9-5-8-3-1-2-4-11(8)20-7-9/h1-4,6,9H,5,7H2,(H2,15,21)(H2,16,17,18,19). The Morgan fingerprint density at radius 2 is 2.29 bits per heavy atom. The fourth-order valence-electron chi connectivity index (χ4n) is 2.29. The summed E-state index contributed by atoms with van der Waals surface area (Å²) in [5, 5.41) is 9.29. The van der Waals surface area contributed by atoms with Gasteiger partial charge in [0.05, 0.1) is 17.7 Å². The predicted octanol–water partition coefficient (Wildman–Crippen LogP) is 1.23. The third-order valence-electron chi connectivity index (χ3n) is 3.40. The van der Waals surface area contributed by atoms with E-state index in [0.29, 0.717) is 24.4 Å². The number of aromatic nitrogens is 2. The number of hydrogen-bond donors (Lipinski definition) is 3. The van der Waals surface area contributed by atoms with E-state index in [1.54, 1.807) is 0 Å². The van der Waals surface area contributed by atoms with Gasteiger partial charge in [0, 0.05) is 0 Å². The number of H-pyrrole nitrogens is 1. The summed E-state index contributed by atoms with van der Waals surface area (Å²) in [5.74, 6) is 0.854. The summed E-state index contributed by atoms with van der Waals surface area (Å²) in [6.07, 6.45) is 2.13. The van der Waals surface area contributed by atoms with Crippen molar-refractivity contribution in [3.63, 3.8) is 0 Å². The van der Waals surface area contributed by atoms with Crippen LogP contribution in [0.25, 0.3) is 0 Å². The molecule has 3 rings (SSSR count). The van der Waals surface area contributed by atoms with Crippen LogP contribution >= 0.6 is 12.2 Å². The van der Waals surface area contributed by atoms with Gasteiger partial charge in [-0.05, 0) is 18.1 Å². The van der Waals surface area contributed by atoms with E-state index in [0.717, 1.165) is 11.3 Å². The maximum atomic E-state index is 12.3. The van der Waals surface area contributed by atoms with Crippen molar-refractivity contribution in [3.8, 4) is 5.75 Å². The van der Waals surface area contributed by atoms with Crippen LogP contribution in [0.5, 0.6) is 5.75 Å². The molecule has 1 amide bonds. The average molecular weight is 302 g/mol. The number of nitrogens with zero attached hydrogens (tertiary/aromatic N) is 1. The van der Waals surface area contributed by atoms with Crippen molar-refractivity contribution in [1.82, 2.24) is 10.2 Å². The number of fused-ring (bicyclic) bond motifs is 1. The number of carbonyl (C=O) groups is 1. The van der Waals surface area contributed by atoms with Gasteiger partial charge in [0.25, 0.3) is 0 Å². The lowest BCUT2D eigenvalue weighted by atomic mass is 9.96. The van der Waals surface area contributed by atoms with Gasteiger partial charge in [0.15, 0.2) is 0 Å². The van der Waals surface area contributed by atoms with Crippen LogP contribution in [0.2, 0.25) is 0 Å². The predicted molar refractivity (Wildman–Crippen MR) is 82.2 cm³/mol. The molecule has 0 saturated heterocycles. The Labute approximate surface area is 126 Å². The van der Waals surface area contributed by atoms with E-state index >= 15 is 0 Å². The maximum absolute atomic E-state index is 12.3. The topological polar surface area (TPSA) is 93.0 Å². The Hall–Kier alpha value is -2.41. The average Bonchev–Trinajstić information content (AvgIpc) is 2.95. The van der Waals surface area contributed by atoms with E-state index in [9.17, 15) is 4.79 Å². The Bertz CT molecular complexity index is 698. The van der Waals surface area contributed by atoms with E-state index < -0.39 is 0 Å². The highest BCUT2D eigenvalue weighted by Gasteiger charge is 2.26. The second-order valence-corrected chi connectivity index (χ2v) is 5.27. The quantitative estimate of drug-likeness (QED) is 0.742. The summed E-state index contributed by atoms with van der Waals surface area (Å²) in [7, 11) is 0. The van der Waals surface area contributed by atoms with E-state index in [2.05, 4.69) is 15.5 Å². The first kappa shape index (κ1) is 13.6. The lowest BCUT2D eigenvalue weighted by Crippen LogP contribution is -2.33. The zero-order chi connectivity index (χ0) is 14.8. The molecule has 0 spiro atoms. The van der Waals surface area contributed by atoms with E-state index in [1.165, 1.54) is 6.20 Å². The summed E-state index contributed by atoms with van der Waals surface area (Å²) in [4.78, 5) is 12.5. The molecule has 0 saturated carbocycles. The summed E-state index contributed by atoms with van der Waals surface area (Å²) < 4.78 is 5.62. The van der Waals surface area contributed by atoms with Crippen LogP contribution in [0.4, 0.5) is 5.82 Å². The molecule has 6 nitrogen and oxygen atoms in total. The number of anilines is 1. The number of ether oxygens (including phenoxy) is 1. The SMILES string of the molecule is NC(=S)c1cn[nH]c1NC(=O)C1COc2ccccc2C1. The summed E-state index contributed by atoms with van der Waals surface area (Å²) >= 11 is 4.91. The highest BCUT2D eigenvalue weighted by molar-refractivity contribution is 7.80. The molecule has 1 aromatic carbocycles. The van der Waals surface area contributed by atoms with Crippen molar-refractivity contribution in [1.29, 1.82) is 0 Å². The Kier molecular flexibility index (Phi) is 3.57. The molecule has 1 atom stereocenters. The molecule has 0 fully saturated rings. The normalized spacial score (nSPS) is 16.7. The minimum Gasteiger partial charge on any atom is -0.492 e. The molecule has 1 unspecified atom stereocenters. The van der Waals surface area contributed by atoms with Gasteiger partial charge in [0.1, 0.15) is 23.2 Å². The number of hydrogen-bond acceptors (Lipinski definition) is 4. The summed E-state index contributed by atoms with van der Waals surface area (Å²) in [6.45, 7) is 0.347. The zero-order valence-corrected chi connectivity index (χ0v) is 11.9. The minimum atomic E-state index is -0.262. The van der Waals surface area contributed by atoms with Crippen LogP contribution in [0.15, 0.2) is 30.5 Å². The molecule has 4 N–H and O–H groups in total. The van der Waals surface area contributed by atoms with Crippen LogP contribution < -0.4 is 15.8 Å². The number of nitrogens with two attached hydrogens (primary N) is 1. The minimum absolute atomic E-state index is 0.147. The van der Waals surface area contributed by atoms with Gasteiger partial charge in [-0.15, -0.1) is 0 Å². The smallest absolute Gasteiger partial charge is 0.232 e. The number of thiocarbonyl (C=S) groups is 1. The van der Waals surface area contributed by atoms with Crippen LogP contribution in [-0.2, 0) is 11.2 Å². The van der Waals surface area contributed by atoms with E-state index in [-0.39, 0.29) is 16.8 Å². The van der Waals surface area contributed by atoms with Crippen LogP contribution in [0.3, 0.4) is 0 Å². The van der Waals surface area contributed by atoms with Crippen LogP contribution in [-0.4, -0.2) is 27.7 Å². The van der Waals surface area contributed by atoms with Gasteiger partial charge in [0.2, 0.25) is 5.91 Å². The fraction of sp³-hybridized carbons (Fsp3) is 0.214. The van der Waals surface area contributed by atoms with Gasteiger partial charge < -0.3 is 15.8 Å². The van der Waals surface area contributed by atoms with Gasteiger partial charge >= 0.3 is 0 Å². The van der Waals surface area contributed by atoms with Gasteiger partial charge in [-0.1, -0.05) is 30.4 Å². The Morgan fingerprint density at radius 1 is 1.48 bits per heavy atom. The number of para-hydroxylation sites is 1. The molecular formula is C14H14N4O2S. The van der Waals surface area contributed by atoms with E-state index in [1.807, 2.05) is 24.3 Å². The molecule has 0 radical (unpaired) electrons. The molecule has 0 aliphatic carbocycles. The maximum Gasteiger partial charge on any atom is 0.232 e. The lowest BCUT2D eigenvalue weighted by Gasteiger charge is -2.24. The fourth-order valence-corrected chi connectivity index (χ4v) is 2.44. The largest absolute Gasteiger partial charge is 0.492 e. The van der Waals surface area contributed by atoms with Gasteiger partial charge in [-0.2, -0.15) is 5.10 Å². The molecule has 2 heterocycles. The van der Waals surface area contributed by atoms with Crippen LogP contribution in [0.1, 0.15) is 11.1 Å². The van der Waals surface area contributed by atoms with Crippen molar-refractivity contribution in [2.45, 2.75) is 6.42 Å². The number of benzene rings is 1. The number of carbonyl (C=O) groups excluding carboxylic acids is 1. The van der Waals surface area contributed by atoms with Crippen molar-refractivity contribution >= 4 is 28.9 Å². The number of rotatable bonds is 3. The molecule has 1 aromatic heterocycles. The van der Waals surface area contributed by atoms with Gasteiger partial charge in [-0.3, -0.25) is 9.89 Å². The first-order valence-corrected chi connectivity index (χ1v) is 6.90. The van der Waals surface area contributed by atoms with E-state index in [4.69, 9.17) is 22.7 Å². The molecule has 1 aliphatic rings. The second-order valence-electron chi connectivity index (χ2n) is 4.83. The summed E-state index contributed by atoms with van der Waals surface area (Å²) in [6, 6.07) is 7.72. The summed E-state index contributed by atoms with van der Waals surface area (Å²) in [5.41, 5.74) is 7.13. The third-order valence-corrected chi connectivity index (χ3v) is 3.62. The molecule has 108 valence electrons. The Morgan fingerprint density at radius 3 is 3.10 bits per heavy atom. The lowest BCUT2D eigenvalue weighted by molar-refractivity contribution is -0.121. The van der Waals surface area contributed by atoms with Crippen LogP contribution in [0, 0.1) is 5.92 Å².